The molecule has 10 heteroatoms. The molecule has 2 aromatic carbocycles. The number of methoxy groups -OCH3 is 1. The second-order valence-electron chi connectivity index (χ2n) is 8.12. The largest absolute Gasteiger partial charge is 0.497 e. The van der Waals surface area contributed by atoms with Crippen molar-refractivity contribution in [1.29, 1.82) is 0 Å². The van der Waals surface area contributed by atoms with E-state index in [9.17, 15) is 27.6 Å². The molecule has 0 atom stereocenters. The van der Waals surface area contributed by atoms with Crippen LogP contribution in [0.2, 0.25) is 0 Å². The molecule has 0 heterocycles. The average Bonchev–Trinajstić information content (AvgIpc) is 3.57. The molecule has 0 aliphatic heterocycles. The van der Waals surface area contributed by atoms with Crippen molar-refractivity contribution in [2.45, 2.75) is 50.9 Å². The van der Waals surface area contributed by atoms with E-state index < -0.39 is 17.3 Å². The first kappa shape index (κ1) is 25.1. The maximum absolute atomic E-state index is 13.3. The molecule has 0 bridgehead atoms. The Kier molecular flexibility index (Phi) is 7.48. The van der Waals surface area contributed by atoms with Gasteiger partial charge in [-0.1, -0.05) is 12.1 Å². The minimum absolute atomic E-state index is 0.0378. The summed E-state index contributed by atoms with van der Waals surface area (Å²) in [4.78, 5) is 35.5. The summed E-state index contributed by atoms with van der Waals surface area (Å²) in [7, 11) is 1.28. The van der Waals surface area contributed by atoms with E-state index in [1.165, 1.54) is 38.3 Å². The highest BCUT2D eigenvalue weighted by atomic mass is 19.4. The van der Waals surface area contributed by atoms with Crippen LogP contribution in [0.3, 0.4) is 0 Å². The Bertz CT molecular complexity index is 1060. The van der Waals surface area contributed by atoms with Crippen LogP contribution in [0.1, 0.15) is 43.7 Å². The van der Waals surface area contributed by atoms with Crippen molar-refractivity contribution in [2.75, 3.05) is 7.11 Å². The van der Waals surface area contributed by atoms with Crippen molar-refractivity contribution < 1.29 is 37.0 Å². The predicted molar refractivity (Wildman–Crippen MR) is 116 cm³/mol. The lowest BCUT2D eigenvalue weighted by Gasteiger charge is -2.17. The topological polar surface area (TPSA) is 93.7 Å². The molecule has 1 aliphatic carbocycles. The Hall–Kier alpha value is -3.56. The zero-order chi connectivity index (χ0) is 24.9. The number of amides is 2. The number of ketones is 1. The number of Topliss-reactive ketones (excluding diaryl/α,β-unsaturated/α-hetero) is 1. The van der Waals surface area contributed by atoms with Crippen LogP contribution in [0.4, 0.5) is 13.2 Å². The SMILES string of the molecule is COc1ccc(Oc2ccc(CNC(=O)C3(NC(=O)CCC(C)=O)CC3)cc2)c(C(F)(F)F)c1. The van der Waals surface area contributed by atoms with Gasteiger partial charge in [0.25, 0.3) is 0 Å². The molecule has 0 unspecified atom stereocenters. The number of hydrogen-bond donors (Lipinski definition) is 2. The molecule has 2 N–H and O–H groups in total. The molecule has 1 fully saturated rings. The third kappa shape index (κ3) is 6.49. The Morgan fingerprint density at radius 2 is 1.65 bits per heavy atom. The Morgan fingerprint density at radius 1 is 1.00 bits per heavy atom. The van der Waals surface area contributed by atoms with Crippen LogP contribution in [-0.4, -0.2) is 30.2 Å². The molecule has 7 nitrogen and oxygen atoms in total. The average molecular weight is 478 g/mol. The first-order valence-corrected chi connectivity index (χ1v) is 10.6. The molecule has 2 aromatic rings. The first-order valence-electron chi connectivity index (χ1n) is 10.6. The summed E-state index contributed by atoms with van der Waals surface area (Å²) in [5, 5.41) is 5.46. The van der Waals surface area contributed by atoms with E-state index >= 15 is 0 Å². The maximum atomic E-state index is 13.3. The maximum Gasteiger partial charge on any atom is 0.420 e. The summed E-state index contributed by atoms with van der Waals surface area (Å²) in [6, 6.07) is 9.68. The Labute approximate surface area is 194 Å². The lowest BCUT2D eigenvalue weighted by atomic mass is 10.1. The second kappa shape index (κ2) is 10.1. The van der Waals surface area contributed by atoms with Crippen LogP contribution in [-0.2, 0) is 27.1 Å². The number of alkyl halides is 3. The normalized spacial score (nSPS) is 14.1. The van der Waals surface area contributed by atoms with Gasteiger partial charge in [0.2, 0.25) is 11.8 Å². The highest BCUT2D eigenvalue weighted by molar-refractivity contribution is 5.94. The minimum atomic E-state index is -4.62. The van der Waals surface area contributed by atoms with Gasteiger partial charge in [-0.2, -0.15) is 13.2 Å². The second-order valence-corrected chi connectivity index (χ2v) is 8.12. The van der Waals surface area contributed by atoms with Crippen LogP contribution in [0.15, 0.2) is 42.5 Å². The van der Waals surface area contributed by atoms with Crippen molar-refractivity contribution in [3.05, 3.63) is 53.6 Å². The van der Waals surface area contributed by atoms with E-state index in [1.807, 2.05) is 0 Å². The molecule has 1 saturated carbocycles. The van der Waals surface area contributed by atoms with Gasteiger partial charge in [0.1, 0.15) is 34.1 Å². The zero-order valence-electron chi connectivity index (χ0n) is 18.8. The number of nitrogens with one attached hydrogen (secondary N) is 2. The lowest BCUT2D eigenvalue weighted by molar-refractivity contribution is -0.138. The van der Waals surface area contributed by atoms with Crippen LogP contribution in [0, 0.1) is 0 Å². The van der Waals surface area contributed by atoms with Crippen LogP contribution in [0.5, 0.6) is 17.2 Å². The third-order valence-corrected chi connectivity index (χ3v) is 5.36. The zero-order valence-corrected chi connectivity index (χ0v) is 18.8. The molecular formula is C24H25F3N2O5. The molecule has 182 valence electrons. The number of carbonyl (C=O) groups excluding carboxylic acids is 3. The van der Waals surface area contributed by atoms with Gasteiger partial charge in [0.05, 0.1) is 7.11 Å². The van der Waals surface area contributed by atoms with Gasteiger partial charge >= 0.3 is 6.18 Å². The summed E-state index contributed by atoms with van der Waals surface area (Å²) < 4.78 is 50.3. The first-order chi connectivity index (χ1) is 16.0. The molecule has 0 saturated heterocycles. The summed E-state index contributed by atoms with van der Waals surface area (Å²) in [5.41, 5.74) is -1.20. The fourth-order valence-corrected chi connectivity index (χ4v) is 3.25. The number of halogens is 3. The van der Waals surface area contributed by atoms with Crippen LogP contribution >= 0.6 is 0 Å². The number of benzene rings is 2. The fraction of sp³-hybridized carbons (Fsp3) is 0.375. The van der Waals surface area contributed by atoms with Gasteiger partial charge in [-0.15, -0.1) is 0 Å². The van der Waals surface area contributed by atoms with Crippen molar-refractivity contribution in [3.8, 4) is 17.2 Å². The van der Waals surface area contributed by atoms with Crippen molar-refractivity contribution in [1.82, 2.24) is 10.6 Å². The Morgan fingerprint density at radius 3 is 2.21 bits per heavy atom. The van der Waals surface area contributed by atoms with Gasteiger partial charge in [0.15, 0.2) is 0 Å². The molecule has 1 aliphatic rings. The van der Waals surface area contributed by atoms with Gasteiger partial charge in [-0.3, -0.25) is 9.59 Å². The van der Waals surface area contributed by atoms with Gasteiger partial charge in [0, 0.05) is 19.4 Å². The standard InChI is InChI=1S/C24H25F3N2O5/c1-15(30)3-10-21(31)29-23(11-12-23)22(32)28-14-16-4-6-17(7-5-16)34-20-9-8-18(33-2)13-19(20)24(25,26)27/h4-9,13H,3,10-12,14H2,1-2H3,(H,28,32)(H,29,31). The van der Waals surface area contributed by atoms with Crippen molar-refractivity contribution >= 4 is 17.6 Å². The van der Waals surface area contributed by atoms with Gasteiger partial charge in [-0.25, -0.2) is 0 Å². The molecule has 0 spiro atoms. The number of carbonyl (C=O) groups is 3. The van der Waals surface area contributed by atoms with E-state index in [0.717, 1.165) is 6.07 Å². The van der Waals surface area contributed by atoms with Crippen molar-refractivity contribution in [3.63, 3.8) is 0 Å². The summed E-state index contributed by atoms with van der Waals surface area (Å²) in [6.45, 7) is 1.57. The van der Waals surface area contributed by atoms with Crippen molar-refractivity contribution in [2.24, 2.45) is 0 Å². The highest BCUT2D eigenvalue weighted by Gasteiger charge is 2.50. The minimum Gasteiger partial charge on any atom is -0.497 e. The van der Waals surface area contributed by atoms with Gasteiger partial charge < -0.3 is 24.9 Å². The molecule has 0 radical (unpaired) electrons. The smallest absolute Gasteiger partial charge is 0.420 e. The lowest BCUT2D eigenvalue weighted by Crippen LogP contribution is -2.48. The molecule has 2 amide bonds. The summed E-state index contributed by atoms with van der Waals surface area (Å²) in [5.74, 6) is -0.862. The molecule has 0 aromatic heterocycles. The Balaban J connectivity index is 1.57. The summed E-state index contributed by atoms with van der Waals surface area (Å²) >= 11 is 0. The third-order valence-electron chi connectivity index (χ3n) is 5.36. The summed E-state index contributed by atoms with van der Waals surface area (Å²) in [6.07, 6.45) is -3.43. The number of hydrogen-bond acceptors (Lipinski definition) is 5. The quantitative estimate of drug-likeness (QED) is 0.535. The molecule has 3 rings (SSSR count). The number of ether oxygens (including phenoxy) is 2. The van der Waals surface area contributed by atoms with E-state index in [2.05, 4.69) is 10.6 Å². The monoisotopic (exact) mass is 478 g/mol. The molecular weight excluding hydrogens is 453 g/mol. The van der Waals surface area contributed by atoms with E-state index in [0.29, 0.717) is 18.4 Å². The predicted octanol–water partition coefficient (Wildman–Crippen LogP) is 4.14. The number of rotatable bonds is 10. The van der Waals surface area contributed by atoms with E-state index in [-0.39, 0.29) is 54.2 Å². The van der Waals surface area contributed by atoms with Gasteiger partial charge in [-0.05, 0) is 55.7 Å². The fourth-order valence-electron chi connectivity index (χ4n) is 3.25. The highest BCUT2D eigenvalue weighted by Crippen LogP contribution is 2.40. The van der Waals surface area contributed by atoms with E-state index in [1.54, 1.807) is 12.1 Å². The molecule has 34 heavy (non-hydrogen) atoms. The van der Waals surface area contributed by atoms with E-state index in [4.69, 9.17) is 9.47 Å². The van der Waals surface area contributed by atoms with Crippen LogP contribution < -0.4 is 20.1 Å². The van der Waals surface area contributed by atoms with Crippen LogP contribution in [0.25, 0.3) is 0 Å².